The first-order valence-corrected chi connectivity index (χ1v) is 6.16. The summed E-state index contributed by atoms with van der Waals surface area (Å²) in [5.41, 5.74) is 5.20. The fraction of sp³-hybridized carbons (Fsp3) is 0.500. The van der Waals surface area contributed by atoms with E-state index in [9.17, 15) is 0 Å². The van der Waals surface area contributed by atoms with Gasteiger partial charge >= 0.3 is 0 Å². The van der Waals surface area contributed by atoms with Crippen molar-refractivity contribution in [3.8, 4) is 0 Å². The molecule has 2 heteroatoms. The van der Waals surface area contributed by atoms with Crippen LogP contribution < -0.4 is 0 Å². The molecule has 0 unspecified atom stereocenters. The van der Waals surface area contributed by atoms with E-state index in [-0.39, 0.29) is 0 Å². The lowest BCUT2D eigenvalue weighted by Crippen LogP contribution is -1.98. The van der Waals surface area contributed by atoms with Crippen LogP contribution in [0.15, 0.2) is 10.5 Å². The molecule has 1 aromatic carbocycles. The van der Waals surface area contributed by atoms with Crippen molar-refractivity contribution in [1.82, 2.24) is 0 Å². The van der Waals surface area contributed by atoms with Crippen LogP contribution in [0.4, 0.5) is 0 Å². The summed E-state index contributed by atoms with van der Waals surface area (Å²) in [5, 5.41) is 0. The molecular weight excluding hydrogens is 259 g/mol. The molecule has 0 aliphatic heterocycles. The van der Waals surface area contributed by atoms with E-state index < -0.39 is 0 Å². The Hall–Kier alpha value is -0.0100. The molecule has 0 N–H and O–H groups in total. The van der Waals surface area contributed by atoms with Gasteiger partial charge in [0, 0.05) is 10.4 Å². The van der Waals surface area contributed by atoms with Crippen LogP contribution >= 0.6 is 27.5 Å². The lowest BCUT2D eigenvalue weighted by molar-refractivity contribution is 0.854. The normalized spacial score (nSPS) is 11.1. The van der Waals surface area contributed by atoms with Gasteiger partial charge in [0.05, 0.1) is 0 Å². The van der Waals surface area contributed by atoms with Gasteiger partial charge in [0.1, 0.15) is 0 Å². The van der Waals surface area contributed by atoms with Gasteiger partial charge in [0.25, 0.3) is 0 Å². The van der Waals surface area contributed by atoms with Crippen molar-refractivity contribution in [2.45, 2.75) is 39.5 Å². The van der Waals surface area contributed by atoms with E-state index in [2.05, 4.69) is 49.7 Å². The van der Waals surface area contributed by atoms with E-state index in [4.69, 9.17) is 11.6 Å². The molecule has 0 heterocycles. The van der Waals surface area contributed by atoms with Gasteiger partial charge in [-0.25, -0.2) is 0 Å². The van der Waals surface area contributed by atoms with Crippen LogP contribution in [0, 0.1) is 13.8 Å². The van der Waals surface area contributed by atoms with Crippen LogP contribution in [0.2, 0.25) is 0 Å². The van der Waals surface area contributed by atoms with Gasteiger partial charge in [-0.2, -0.15) is 0 Å². The standard InChI is InChI=1S/C12H16BrCl/c1-7(2)10-5-8(3)11(6-14)9(4)12(10)13/h5,7H,6H2,1-4H3. The topological polar surface area (TPSA) is 0 Å². The lowest BCUT2D eigenvalue weighted by atomic mass is 9.95. The molecule has 1 aromatic rings. The van der Waals surface area contributed by atoms with Crippen LogP contribution in [0.3, 0.4) is 0 Å². The molecule has 0 aliphatic carbocycles. The Morgan fingerprint density at radius 1 is 1.36 bits per heavy atom. The summed E-state index contributed by atoms with van der Waals surface area (Å²) in [5.74, 6) is 1.14. The number of hydrogen-bond donors (Lipinski definition) is 0. The maximum absolute atomic E-state index is 5.92. The number of halogens is 2. The third kappa shape index (κ3) is 2.14. The third-order valence-electron chi connectivity index (χ3n) is 2.64. The Morgan fingerprint density at radius 3 is 2.36 bits per heavy atom. The molecular formula is C12H16BrCl. The van der Waals surface area contributed by atoms with E-state index in [1.165, 1.54) is 26.7 Å². The fourth-order valence-electron chi connectivity index (χ4n) is 1.65. The Kier molecular flexibility index (Phi) is 4.03. The SMILES string of the molecule is Cc1cc(C(C)C)c(Br)c(C)c1CCl. The molecule has 0 radical (unpaired) electrons. The Balaban J connectivity index is 3.40. The zero-order chi connectivity index (χ0) is 10.9. The highest BCUT2D eigenvalue weighted by Crippen LogP contribution is 2.32. The van der Waals surface area contributed by atoms with Crippen LogP contribution in [-0.4, -0.2) is 0 Å². The van der Waals surface area contributed by atoms with Crippen LogP contribution in [0.5, 0.6) is 0 Å². The molecule has 0 saturated carbocycles. The van der Waals surface area contributed by atoms with Crippen molar-refractivity contribution >= 4 is 27.5 Å². The first kappa shape index (κ1) is 12.1. The van der Waals surface area contributed by atoms with Gasteiger partial charge in [-0.3, -0.25) is 0 Å². The second kappa shape index (κ2) is 4.67. The summed E-state index contributed by atoms with van der Waals surface area (Å²) in [6.45, 7) is 8.67. The summed E-state index contributed by atoms with van der Waals surface area (Å²) in [6, 6.07) is 2.24. The van der Waals surface area contributed by atoms with Gasteiger partial charge in [-0.1, -0.05) is 35.8 Å². The first-order valence-electron chi connectivity index (χ1n) is 4.83. The zero-order valence-corrected chi connectivity index (χ0v) is 11.5. The quantitative estimate of drug-likeness (QED) is 0.672. The highest BCUT2D eigenvalue weighted by molar-refractivity contribution is 9.10. The number of alkyl halides is 1. The molecule has 78 valence electrons. The number of benzene rings is 1. The molecule has 0 spiro atoms. The van der Waals surface area contributed by atoms with E-state index in [0.717, 1.165) is 0 Å². The summed E-state index contributed by atoms with van der Waals surface area (Å²) >= 11 is 9.57. The first-order chi connectivity index (χ1) is 6.49. The van der Waals surface area contributed by atoms with Gasteiger partial charge in [-0.15, -0.1) is 11.6 Å². The molecule has 0 aromatic heterocycles. The van der Waals surface area contributed by atoms with E-state index in [0.29, 0.717) is 11.8 Å². The monoisotopic (exact) mass is 274 g/mol. The lowest BCUT2D eigenvalue weighted by Gasteiger charge is -2.16. The van der Waals surface area contributed by atoms with Crippen molar-refractivity contribution in [3.05, 3.63) is 32.8 Å². The predicted molar refractivity (Wildman–Crippen MR) is 67.3 cm³/mol. The van der Waals surface area contributed by atoms with Gasteiger partial charge in [-0.05, 0) is 42.0 Å². The van der Waals surface area contributed by atoms with Crippen molar-refractivity contribution in [2.24, 2.45) is 0 Å². The second-order valence-corrected chi connectivity index (χ2v) is 5.05. The summed E-state index contributed by atoms with van der Waals surface area (Å²) in [7, 11) is 0. The molecule has 0 amide bonds. The highest BCUT2D eigenvalue weighted by atomic mass is 79.9. The minimum atomic E-state index is 0.547. The minimum Gasteiger partial charge on any atom is -0.122 e. The third-order valence-corrected chi connectivity index (χ3v) is 3.96. The van der Waals surface area contributed by atoms with Crippen LogP contribution in [-0.2, 0) is 5.88 Å². The average molecular weight is 276 g/mol. The predicted octanol–water partition coefficient (Wildman–Crippen LogP) is 4.93. The summed E-state index contributed by atoms with van der Waals surface area (Å²) in [6.07, 6.45) is 0. The summed E-state index contributed by atoms with van der Waals surface area (Å²) < 4.78 is 1.22. The second-order valence-electron chi connectivity index (χ2n) is 3.99. The minimum absolute atomic E-state index is 0.547. The molecule has 0 aliphatic rings. The number of hydrogen-bond acceptors (Lipinski definition) is 0. The van der Waals surface area contributed by atoms with Gasteiger partial charge in [0.15, 0.2) is 0 Å². The summed E-state index contributed by atoms with van der Waals surface area (Å²) in [4.78, 5) is 0. The van der Waals surface area contributed by atoms with Crippen molar-refractivity contribution < 1.29 is 0 Å². The molecule has 0 bridgehead atoms. The maximum Gasteiger partial charge on any atom is 0.0479 e. The zero-order valence-electron chi connectivity index (χ0n) is 9.12. The average Bonchev–Trinajstić information content (AvgIpc) is 2.12. The largest absolute Gasteiger partial charge is 0.122 e. The molecule has 0 saturated heterocycles. The Bertz CT molecular complexity index is 343. The van der Waals surface area contributed by atoms with Crippen molar-refractivity contribution in [3.63, 3.8) is 0 Å². The molecule has 1 rings (SSSR count). The Labute approximate surface area is 99.8 Å². The van der Waals surface area contributed by atoms with Gasteiger partial charge < -0.3 is 0 Å². The fourth-order valence-corrected chi connectivity index (χ4v) is 2.88. The number of rotatable bonds is 2. The molecule has 0 nitrogen and oxygen atoms in total. The smallest absolute Gasteiger partial charge is 0.0479 e. The Morgan fingerprint density at radius 2 is 1.93 bits per heavy atom. The van der Waals surface area contributed by atoms with E-state index >= 15 is 0 Å². The van der Waals surface area contributed by atoms with Crippen LogP contribution in [0.25, 0.3) is 0 Å². The van der Waals surface area contributed by atoms with E-state index in [1.807, 2.05) is 0 Å². The van der Waals surface area contributed by atoms with E-state index in [1.54, 1.807) is 0 Å². The highest BCUT2D eigenvalue weighted by Gasteiger charge is 2.12. The number of aryl methyl sites for hydroxylation is 1. The van der Waals surface area contributed by atoms with Gasteiger partial charge in [0.2, 0.25) is 0 Å². The maximum atomic E-state index is 5.92. The molecule has 14 heavy (non-hydrogen) atoms. The van der Waals surface area contributed by atoms with Crippen molar-refractivity contribution in [2.75, 3.05) is 0 Å². The molecule has 0 fully saturated rings. The van der Waals surface area contributed by atoms with Crippen LogP contribution in [0.1, 0.15) is 42.0 Å². The molecule has 0 atom stereocenters. The van der Waals surface area contributed by atoms with Crippen molar-refractivity contribution in [1.29, 1.82) is 0 Å².